The van der Waals surface area contributed by atoms with Crippen LogP contribution in [0, 0.1) is 6.92 Å². The Morgan fingerprint density at radius 3 is 2.85 bits per heavy atom. The first-order valence-corrected chi connectivity index (χ1v) is 9.72. The zero-order valence-electron chi connectivity index (χ0n) is 15.0. The van der Waals surface area contributed by atoms with Crippen molar-refractivity contribution in [3.05, 3.63) is 56.4 Å². The Morgan fingerprint density at radius 1 is 1.35 bits per heavy atom. The zero-order chi connectivity index (χ0) is 18.3. The Kier molecular flexibility index (Phi) is 4.42. The van der Waals surface area contributed by atoms with Gasteiger partial charge in [0, 0.05) is 6.42 Å². The van der Waals surface area contributed by atoms with Crippen LogP contribution < -0.4 is 21.0 Å². The van der Waals surface area contributed by atoms with Crippen LogP contribution in [0.25, 0.3) is 10.2 Å². The van der Waals surface area contributed by atoms with E-state index in [1.54, 1.807) is 16.2 Å². The van der Waals surface area contributed by atoms with E-state index in [9.17, 15) is 4.79 Å². The molecule has 0 amide bonds. The highest BCUT2D eigenvalue weighted by molar-refractivity contribution is 7.18. The van der Waals surface area contributed by atoms with Crippen LogP contribution in [-0.2, 0) is 19.6 Å². The molecule has 0 fully saturated rings. The third-order valence-corrected chi connectivity index (χ3v) is 6.17. The minimum absolute atomic E-state index is 0.166. The number of thiophene rings is 1. The van der Waals surface area contributed by atoms with Crippen molar-refractivity contribution in [1.82, 2.24) is 9.66 Å². The number of nitrogens with zero attached hydrogens (tertiary/aromatic N) is 2. The SMILES string of the molecule is CC[NH+]1CCc2c(sc3nc(COc4ccc(C)cc4)n(N)c(=O)c23)C1. The molecule has 0 saturated heterocycles. The number of quaternary nitrogens is 1. The summed E-state index contributed by atoms with van der Waals surface area (Å²) in [5, 5.41) is 0.696. The van der Waals surface area contributed by atoms with Gasteiger partial charge in [0.1, 0.15) is 23.7 Å². The van der Waals surface area contributed by atoms with Gasteiger partial charge >= 0.3 is 0 Å². The largest absolute Gasteiger partial charge is 0.486 e. The smallest absolute Gasteiger partial charge is 0.281 e. The number of benzene rings is 1. The quantitative estimate of drug-likeness (QED) is 0.672. The number of ether oxygens (including phenoxy) is 1. The van der Waals surface area contributed by atoms with Crippen LogP contribution >= 0.6 is 11.3 Å². The molecule has 2 aromatic heterocycles. The Balaban J connectivity index is 1.67. The van der Waals surface area contributed by atoms with Gasteiger partial charge in [0.2, 0.25) is 0 Å². The van der Waals surface area contributed by atoms with Gasteiger partial charge < -0.3 is 15.5 Å². The molecule has 1 aliphatic rings. The maximum atomic E-state index is 12.8. The van der Waals surface area contributed by atoms with Crippen molar-refractivity contribution >= 4 is 21.6 Å². The summed E-state index contributed by atoms with van der Waals surface area (Å²) < 4.78 is 6.91. The molecule has 1 aromatic carbocycles. The van der Waals surface area contributed by atoms with Gasteiger partial charge in [0.15, 0.2) is 5.82 Å². The van der Waals surface area contributed by atoms with Crippen LogP contribution in [0.4, 0.5) is 0 Å². The molecule has 1 aliphatic heterocycles. The second-order valence-electron chi connectivity index (χ2n) is 6.77. The van der Waals surface area contributed by atoms with Gasteiger partial charge in [-0.2, -0.15) is 0 Å². The topological polar surface area (TPSA) is 74.6 Å². The predicted octanol–water partition coefficient (Wildman–Crippen LogP) is 1.02. The second kappa shape index (κ2) is 6.74. The van der Waals surface area contributed by atoms with E-state index >= 15 is 0 Å². The van der Waals surface area contributed by atoms with Gasteiger partial charge in [0.25, 0.3) is 5.56 Å². The van der Waals surface area contributed by atoms with Crippen molar-refractivity contribution in [3.63, 3.8) is 0 Å². The lowest BCUT2D eigenvalue weighted by Crippen LogP contribution is -3.11. The molecule has 136 valence electrons. The van der Waals surface area contributed by atoms with Crippen molar-refractivity contribution < 1.29 is 9.64 Å². The third kappa shape index (κ3) is 2.97. The fourth-order valence-electron chi connectivity index (χ4n) is 3.42. The second-order valence-corrected chi connectivity index (χ2v) is 7.85. The molecule has 0 spiro atoms. The van der Waals surface area contributed by atoms with E-state index in [1.807, 2.05) is 31.2 Å². The molecule has 0 bridgehead atoms. The molecule has 3 N–H and O–H groups in total. The zero-order valence-corrected chi connectivity index (χ0v) is 15.9. The van der Waals surface area contributed by atoms with Crippen molar-refractivity contribution in [2.45, 2.75) is 33.4 Å². The van der Waals surface area contributed by atoms with Crippen molar-refractivity contribution in [3.8, 4) is 5.75 Å². The normalized spacial score (nSPS) is 16.6. The first kappa shape index (κ1) is 17.1. The third-order valence-electron chi connectivity index (χ3n) is 5.04. The predicted molar refractivity (Wildman–Crippen MR) is 103 cm³/mol. The minimum atomic E-state index is -0.171. The average Bonchev–Trinajstić information content (AvgIpc) is 3.02. The fourth-order valence-corrected chi connectivity index (χ4v) is 4.72. The van der Waals surface area contributed by atoms with Gasteiger partial charge in [-0.25, -0.2) is 9.66 Å². The molecular formula is C19H23N4O2S+. The molecule has 0 saturated carbocycles. The molecule has 7 heteroatoms. The molecule has 3 heterocycles. The van der Waals surface area contributed by atoms with Crippen LogP contribution in [0.3, 0.4) is 0 Å². The lowest BCUT2D eigenvalue weighted by molar-refractivity contribution is -0.913. The van der Waals surface area contributed by atoms with Crippen LogP contribution in [0.5, 0.6) is 5.75 Å². The number of likely N-dealkylation sites (N-methyl/N-ethyl adjacent to an activating group) is 1. The Labute approximate surface area is 155 Å². The average molecular weight is 371 g/mol. The summed E-state index contributed by atoms with van der Waals surface area (Å²) in [6.45, 7) is 7.50. The van der Waals surface area contributed by atoms with E-state index in [0.717, 1.165) is 46.9 Å². The van der Waals surface area contributed by atoms with Crippen LogP contribution in [-0.4, -0.2) is 22.7 Å². The lowest BCUT2D eigenvalue weighted by Gasteiger charge is -2.22. The fraction of sp³-hybridized carbons (Fsp3) is 0.368. The number of nitrogens with one attached hydrogen (secondary N) is 1. The minimum Gasteiger partial charge on any atom is -0.486 e. The maximum Gasteiger partial charge on any atom is 0.281 e. The number of rotatable bonds is 4. The highest BCUT2D eigenvalue weighted by atomic mass is 32.1. The van der Waals surface area contributed by atoms with Gasteiger partial charge in [-0.3, -0.25) is 4.79 Å². The van der Waals surface area contributed by atoms with Crippen LogP contribution in [0.15, 0.2) is 29.1 Å². The highest BCUT2D eigenvalue weighted by Crippen LogP contribution is 2.29. The van der Waals surface area contributed by atoms with Crippen molar-refractivity contribution in [2.24, 2.45) is 0 Å². The van der Waals surface area contributed by atoms with Crippen LogP contribution in [0.2, 0.25) is 0 Å². The van der Waals surface area contributed by atoms with Gasteiger partial charge in [-0.05, 0) is 31.5 Å². The molecule has 4 rings (SSSR count). The van der Waals surface area contributed by atoms with E-state index in [1.165, 1.54) is 10.4 Å². The molecule has 1 unspecified atom stereocenters. The Hall–Kier alpha value is -2.38. The molecule has 3 aromatic rings. The van der Waals surface area contributed by atoms with Gasteiger partial charge in [-0.15, -0.1) is 11.3 Å². The monoisotopic (exact) mass is 371 g/mol. The summed E-state index contributed by atoms with van der Waals surface area (Å²) in [6.07, 6.45) is 0.911. The van der Waals surface area contributed by atoms with Crippen molar-refractivity contribution in [1.29, 1.82) is 0 Å². The first-order chi connectivity index (χ1) is 12.6. The number of nitrogen functional groups attached to an aromatic ring is 1. The van der Waals surface area contributed by atoms with E-state index in [2.05, 4.69) is 11.9 Å². The number of fused-ring (bicyclic) bond motifs is 3. The van der Waals surface area contributed by atoms with E-state index < -0.39 is 0 Å². The number of aromatic nitrogens is 2. The summed E-state index contributed by atoms with van der Waals surface area (Å²) >= 11 is 1.62. The van der Waals surface area contributed by atoms with Gasteiger partial charge in [0.05, 0.1) is 23.4 Å². The highest BCUT2D eigenvalue weighted by Gasteiger charge is 2.26. The molecule has 0 radical (unpaired) electrons. The molecule has 1 atom stereocenters. The standard InChI is InChI=1S/C19H22N4O2S/c1-3-22-9-8-14-15(10-22)26-18-17(14)19(24)23(20)16(21-18)11-25-13-6-4-12(2)5-7-13/h4-7H,3,8-11,20H2,1-2H3/p+1. The Bertz CT molecular complexity index is 1010. The first-order valence-electron chi connectivity index (χ1n) is 8.91. The summed E-state index contributed by atoms with van der Waals surface area (Å²) in [5.74, 6) is 7.22. The molecule has 0 aliphatic carbocycles. The van der Waals surface area contributed by atoms with E-state index in [4.69, 9.17) is 10.6 Å². The number of aryl methyl sites for hydroxylation is 1. The van der Waals surface area contributed by atoms with Gasteiger partial charge in [-0.1, -0.05) is 17.7 Å². The number of nitrogens with two attached hydrogens (primary N) is 1. The maximum absolute atomic E-state index is 12.8. The number of hydrogen-bond donors (Lipinski definition) is 2. The Morgan fingerprint density at radius 2 is 2.12 bits per heavy atom. The summed E-state index contributed by atoms with van der Waals surface area (Å²) in [5.41, 5.74) is 2.14. The molecule has 6 nitrogen and oxygen atoms in total. The van der Waals surface area contributed by atoms with E-state index in [-0.39, 0.29) is 12.2 Å². The molecular weight excluding hydrogens is 348 g/mol. The summed E-state index contributed by atoms with van der Waals surface area (Å²) in [6, 6.07) is 7.77. The van der Waals surface area contributed by atoms with E-state index in [0.29, 0.717) is 11.2 Å². The molecule has 26 heavy (non-hydrogen) atoms. The summed E-state index contributed by atoms with van der Waals surface area (Å²) in [7, 11) is 0. The van der Waals surface area contributed by atoms with Crippen LogP contribution in [0.1, 0.15) is 28.8 Å². The number of hydrogen-bond acceptors (Lipinski definition) is 5. The summed E-state index contributed by atoms with van der Waals surface area (Å²) in [4.78, 5) is 21.1. The van der Waals surface area contributed by atoms with Crippen molar-refractivity contribution in [2.75, 3.05) is 18.9 Å². The lowest BCUT2D eigenvalue weighted by atomic mass is 10.1.